The molecule has 2 rings (SSSR count). The van der Waals surface area contributed by atoms with Crippen LogP contribution < -0.4 is 0 Å². The summed E-state index contributed by atoms with van der Waals surface area (Å²) in [5.41, 5.74) is 3.96. The highest BCUT2D eigenvalue weighted by Gasteiger charge is 2.18. The summed E-state index contributed by atoms with van der Waals surface area (Å²) in [4.78, 5) is 0. The van der Waals surface area contributed by atoms with E-state index in [1.807, 2.05) is 16.8 Å². The van der Waals surface area contributed by atoms with Gasteiger partial charge in [0, 0.05) is 0 Å². The normalized spacial score (nSPS) is 11.2. The maximum Gasteiger partial charge on any atom is 0.160 e. The molecule has 0 saturated carbocycles. The Morgan fingerprint density at radius 1 is 1.30 bits per heavy atom. The molecule has 108 valence electrons. The Balaban J connectivity index is 2.50. The third-order valence-electron chi connectivity index (χ3n) is 3.36. The fourth-order valence-corrected chi connectivity index (χ4v) is 2.45. The Morgan fingerprint density at radius 2 is 2.05 bits per heavy atom. The van der Waals surface area contributed by atoms with E-state index in [0.29, 0.717) is 11.7 Å². The van der Waals surface area contributed by atoms with Crippen LogP contribution in [-0.2, 0) is 12.8 Å². The molecule has 20 heavy (non-hydrogen) atoms. The van der Waals surface area contributed by atoms with Crippen molar-refractivity contribution in [3.63, 3.8) is 0 Å². The standard InChI is InChI=1S/C17H24N2O/c1-5-7-16-17(20)15(10-12(2)3)18-19(16)14-9-6-8-13(4)11-14/h6,8-9,11-12,20H,5,7,10H2,1-4H3. The lowest BCUT2D eigenvalue weighted by Gasteiger charge is -2.07. The SMILES string of the molecule is CCCc1c(O)c(CC(C)C)nn1-c1cccc(C)c1. The topological polar surface area (TPSA) is 38.1 Å². The van der Waals surface area contributed by atoms with Gasteiger partial charge in [-0.2, -0.15) is 5.10 Å². The summed E-state index contributed by atoms with van der Waals surface area (Å²) in [5.74, 6) is 0.860. The van der Waals surface area contributed by atoms with Crippen LogP contribution in [0.2, 0.25) is 0 Å². The minimum Gasteiger partial charge on any atom is -0.504 e. The summed E-state index contributed by atoms with van der Waals surface area (Å²) in [6.07, 6.45) is 2.64. The maximum absolute atomic E-state index is 10.4. The lowest BCUT2D eigenvalue weighted by molar-refractivity contribution is 0.455. The molecule has 3 heteroatoms. The first-order valence-corrected chi connectivity index (χ1v) is 7.39. The zero-order chi connectivity index (χ0) is 14.7. The van der Waals surface area contributed by atoms with Crippen molar-refractivity contribution in [1.82, 2.24) is 9.78 Å². The van der Waals surface area contributed by atoms with Crippen LogP contribution in [0.4, 0.5) is 0 Å². The second kappa shape index (κ2) is 6.12. The molecule has 1 heterocycles. The highest BCUT2D eigenvalue weighted by atomic mass is 16.3. The molecule has 0 spiro atoms. The predicted octanol–water partition coefficient (Wildman–Crippen LogP) is 4.04. The van der Waals surface area contributed by atoms with E-state index in [9.17, 15) is 5.11 Å². The third-order valence-corrected chi connectivity index (χ3v) is 3.36. The number of aromatic nitrogens is 2. The molecule has 0 aliphatic rings. The number of rotatable bonds is 5. The molecule has 0 aliphatic heterocycles. The molecule has 0 bridgehead atoms. The zero-order valence-corrected chi connectivity index (χ0v) is 12.8. The summed E-state index contributed by atoms with van der Waals surface area (Å²) in [5, 5.41) is 15.1. The van der Waals surface area contributed by atoms with E-state index < -0.39 is 0 Å². The van der Waals surface area contributed by atoms with Crippen molar-refractivity contribution < 1.29 is 5.11 Å². The molecule has 0 amide bonds. The van der Waals surface area contributed by atoms with Gasteiger partial charge >= 0.3 is 0 Å². The van der Waals surface area contributed by atoms with E-state index in [-0.39, 0.29) is 0 Å². The van der Waals surface area contributed by atoms with Gasteiger partial charge in [-0.05, 0) is 43.4 Å². The molecule has 1 aromatic heterocycles. The molecule has 1 N–H and O–H groups in total. The van der Waals surface area contributed by atoms with E-state index >= 15 is 0 Å². The number of hydrogen-bond acceptors (Lipinski definition) is 2. The summed E-state index contributed by atoms with van der Waals surface area (Å²) < 4.78 is 1.91. The summed E-state index contributed by atoms with van der Waals surface area (Å²) >= 11 is 0. The summed E-state index contributed by atoms with van der Waals surface area (Å²) in [7, 11) is 0. The number of hydrogen-bond donors (Lipinski definition) is 1. The maximum atomic E-state index is 10.4. The van der Waals surface area contributed by atoms with Crippen LogP contribution in [-0.4, -0.2) is 14.9 Å². The Kier molecular flexibility index (Phi) is 4.48. The molecule has 0 radical (unpaired) electrons. The molecule has 2 aromatic rings. The van der Waals surface area contributed by atoms with Gasteiger partial charge in [0.15, 0.2) is 5.75 Å². The van der Waals surface area contributed by atoms with E-state index in [4.69, 9.17) is 0 Å². The smallest absolute Gasteiger partial charge is 0.160 e. The number of aromatic hydroxyl groups is 1. The van der Waals surface area contributed by atoms with E-state index in [1.54, 1.807) is 0 Å². The fourth-order valence-electron chi connectivity index (χ4n) is 2.45. The van der Waals surface area contributed by atoms with Gasteiger partial charge in [0.1, 0.15) is 5.69 Å². The van der Waals surface area contributed by atoms with Gasteiger partial charge in [0.2, 0.25) is 0 Å². The first kappa shape index (κ1) is 14.6. The first-order chi connectivity index (χ1) is 9.52. The van der Waals surface area contributed by atoms with E-state index in [2.05, 4.69) is 44.9 Å². The van der Waals surface area contributed by atoms with Crippen molar-refractivity contribution in [2.45, 2.75) is 47.0 Å². The molecule has 0 fully saturated rings. The summed E-state index contributed by atoms with van der Waals surface area (Å²) in [6, 6.07) is 8.24. The average molecular weight is 272 g/mol. The highest BCUT2D eigenvalue weighted by molar-refractivity contribution is 5.42. The van der Waals surface area contributed by atoms with Crippen molar-refractivity contribution in [3.05, 3.63) is 41.2 Å². The van der Waals surface area contributed by atoms with Crippen LogP contribution in [0, 0.1) is 12.8 Å². The van der Waals surface area contributed by atoms with Crippen LogP contribution in [0.25, 0.3) is 5.69 Å². The second-order valence-electron chi connectivity index (χ2n) is 5.84. The third kappa shape index (κ3) is 3.03. The average Bonchev–Trinajstić information content (AvgIpc) is 2.68. The zero-order valence-electron chi connectivity index (χ0n) is 12.8. The molecule has 0 aliphatic carbocycles. The molecular weight excluding hydrogens is 248 g/mol. The van der Waals surface area contributed by atoms with Gasteiger partial charge in [0.05, 0.1) is 11.4 Å². The molecule has 0 atom stereocenters. The largest absolute Gasteiger partial charge is 0.504 e. The van der Waals surface area contributed by atoms with Gasteiger partial charge in [-0.1, -0.05) is 39.3 Å². The van der Waals surface area contributed by atoms with E-state index in [0.717, 1.165) is 36.3 Å². The van der Waals surface area contributed by atoms with Gasteiger partial charge in [-0.15, -0.1) is 0 Å². The Hall–Kier alpha value is -1.77. The second-order valence-corrected chi connectivity index (χ2v) is 5.84. The van der Waals surface area contributed by atoms with Crippen molar-refractivity contribution in [2.24, 2.45) is 5.92 Å². The minimum absolute atomic E-state index is 0.377. The lowest BCUT2D eigenvalue weighted by atomic mass is 10.1. The molecule has 1 aromatic carbocycles. The van der Waals surface area contributed by atoms with Gasteiger partial charge in [-0.3, -0.25) is 0 Å². The Morgan fingerprint density at radius 3 is 2.65 bits per heavy atom. The van der Waals surface area contributed by atoms with Crippen LogP contribution in [0.3, 0.4) is 0 Å². The number of benzene rings is 1. The molecule has 0 unspecified atom stereocenters. The van der Waals surface area contributed by atoms with E-state index in [1.165, 1.54) is 5.56 Å². The fraction of sp³-hybridized carbons (Fsp3) is 0.471. The monoisotopic (exact) mass is 272 g/mol. The quantitative estimate of drug-likeness (QED) is 0.892. The van der Waals surface area contributed by atoms with Crippen LogP contribution in [0.5, 0.6) is 5.75 Å². The Labute approximate surface area is 121 Å². The van der Waals surface area contributed by atoms with Crippen molar-refractivity contribution >= 4 is 0 Å². The van der Waals surface area contributed by atoms with Crippen LogP contribution in [0.15, 0.2) is 24.3 Å². The van der Waals surface area contributed by atoms with Gasteiger partial charge in [-0.25, -0.2) is 4.68 Å². The van der Waals surface area contributed by atoms with Gasteiger partial charge in [0.25, 0.3) is 0 Å². The number of aryl methyl sites for hydroxylation is 1. The summed E-state index contributed by atoms with van der Waals surface area (Å²) in [6.45, 7) is 8.48. The lowest BCUT2D eigenvalue weighted by Crippen LogP contribution is -2.03. The molecular formula is C17H24N2O. The molecule has 0 saturated heterocycles. The minimum atomic E-state index is 0.377. The first-order valence-electron chi connectivity index (χ1n) is 7.39. The van der Waals surface area contributed by atoms with Crippen LogP contribution in [0.1, 0.15) is 44.1 Å². The molecule has 3 nitrogen and oxygen atoms in total. The van der Waals surface area contributed by atoms with Crippen LogP contribution >= 0.6 is 0 Å². The van der Waals surface area contributed by atoms with Gasteiger partial charge < -0.3 is 5.11 Å². The number of nitrogens with zero attached hydrogens (tertiary/aromatic N) is 2. The Bertz CT molecular complexity index is 585. The predicted molar refractivity (Wildman–Crippen MR) is 82.5 cm³/mol. The van der Waals surface area contributed by atoms with Crippen molar-refractivity contribution in [2.75, 3.05) is 0 Å². The van der Waals surface area contributed by atoms with Crippen molar-refractivity contribution in [3.8, 4) is 11.4 Å². The highest BCUT2D eigenvalue weighted by Crippen LogP contribution is 2.28. The van der Waals surface area contributed by atoms with Crippen molar-refractivity contribution in [1.29, 1.82) is 0 Å².